The highest BCUT2D eigenvalue weighted by atomic mass is 14.7. The Morgan fingerprint density at radius 3 is 2.12 bits per heavy atom. The van der Waals surface area contributed by atoms with Gasteiger partial charge in [0.05, 0.1) is 0 Å². The van der Waals surface area contributed by atoms with Crippen molar-refractivity contribution in [2.45, 2.75) is 51.5 Å². The van der Waals surface area contributed by atoms with Crippen molar-refractivity contribution >= 4 is 0 Å². The fourth-order valence-corrected chi connectivity index (χ4v) is 2.43. The summed E-state index contributed by atoms with van der Waals surface area (Å²) in [7, 11) is 0. The molecule has 0 radical (unpaired) electrons. The minimum atomic E-state index is 0.261. The first-order chi connectivity index (χ1) is 7.45. The van der Waals surface area contributed by atoms with Gasteiger partial charge in [0, 0.05) is 6.04 Å². The molecule has 1 nitrogen and oxygen atoms in total. The van der Waals surface area contributed by atoms with Gasteiger partial charge in [0.25, 0.3) is 0 Å². The second-order valence-electron chi connectivity index (χ2n) is 6.25. The highest BCUT2D eigenvalue weighted by Gasteiger charge is 2.25. The maximum absolute atomic E-state index is 5.80. The van der Waals surface area contributed by atoms with E-state index < -0.39 is 0 Å². The molecule has 0 heterocycles. The van der Waals surface area contributed by atoms with Crippen molar-refractivity contribution in [3.05, 3.63) is 35.4 Å². The van der Waals surface area contributed by atoms with Crippen LogP contribution >= 0.6 is 0 Å². The third kappa shape index (κ3) is 2.65. The molecule has 88 valence electrons. The second kappa shape index (κ2) is 4.21. The van der Waals surface area contributed by atoms with Gasteiger partial charge < -0.3 is 5.73 Å². The summed E-state index contributed by atoms with van der Waals surface area (Å²) >= 11 is 0. The van der Waals surface area contributed by atoms with Gasteiger partial charge >= 0.3 is 0 Å². The topological polar surface area (TPSA) is 26.0 Å². The molecule has 0 aliphatic heterocycles. The van der Waals surface area contributed by atoms with Crippen LogP contribution in [0.3, 0.4) is 0 Å². The van der Waals surface area contributed by atoms with Crippen molar-refractivity contribution in [1.82, 2.24) is 0 Å². The summed E-state index contributed by atoms with van der Waals surface area (Å²) in [5.74, 6) is 0.829. The third-order valence-electron chi connectivity index (χ3n) is 3.62. The van der Waals surface area contributed by atoms with Crippen molar-refractivity contribution in [3.8, 4) is 0 Å². The Labute approximate surface area is 99.0 Å². The quantitative estimate of drug-likeness (QED) is 0.808. The Morgan fingerprint density at radius 1 is 1.12 bits per heavy atom. The van der Waals surface area contributed by atoms with Gasteiger partial charge in [0.2, 0.25) is 0 Å². The molecule has 2 N–H and O–H groups in total. The zero-order valence-electron chi connectivity index (χ0n) is 10.7. The summed E-state index contributed by atoms with van der Waals surface area (Å²) < 4.78 is 0. The maximum atomic E-state index is 5.80. The number of hydrogen-bond acceptors (Lipinski definition) is 1. The van der Waals surface area contributed by atoms with Crippen LogP contribution in [0.1, 0.15) is 44.7 Å². The van der Waals surface area contributed by atoms with Crippen LogP contribution in [0.4, 0.5) is 0 Å². The van der Waals surface area contributed by atoms with E-state index in [-0.39, 0.29) is 5.41 Å². The first-order valence-corrected chi connectivity index (χ1v) is 6.30. The summed E-state index contributed by atoms with van der Waals surface area (Å²) in [5.41, 5.74) is 8.95. The fraction of sp³-hybridized carbons (Fsp3) is 0.600. The molecule has 0 saturated heterocycles. The third-order valence-corrected chi connectivity index (χ3v) is 3.62. The Morgan fingerprint density at radius 2 is 1.69 bits per heavy atom. The molecule has 0 bridgehead atoms. The number of rotatable bonds is 2. The van der Waals surface area contributed by atoms with Crippen molar-refractivity contribution < 1.29 is 0 Å². The highest BCUT2D eigenvalue weighted by molar-refractivity contribution is 5.27. The minimum Gasteiger partial charge on any atom is -0.328 e. The van der Waals surface area contributed by atoms with Gasteiger partial charge in [-0.3, -0.25) is 0 Å². The Kier molecular flexibility index (Phi) is 3.07. The zero-order chi connectivity index (χ0) is 11.8. The summed E-state index contributed by atoms with van der Waals surface area (Å²) in [5, 5.41) is 0. The van der Waals surface area contributed by atoms with Crippen LogP contribution in [0.25, 0.3) is 0 Å². The average molecular weight is 217 g/mol. The SMILES string of the molecule is CC(C)(C)c1ccc(CC2CC(N)C2)cc1. The molecular formula is C15H23N. The molecular weight excluding hydrogens is 194 g/mol. The molecule has 1 aliphatic rings. The molecule has 1 aromatic carbocycles. The zero-order valence-corrected chi connectivity index (χ0v) is 10.7. The van der Waals surface area contributed by atoms with E-state index in [4.69, 9.17) is 5.73 Å². The van der Waals surface area contributed by atoms with Crippen molar-refractivity contribution in [2.24, 2.45) is 11.7 Å². The van der Waals surface area contributed by atoms with E-state index in [2.05, 4.69) is 45.0 Å². The number of nitrogens with two attached hydrogens (primary N) is 1. The molecule has 0 aromatic heterocycles. The Balaban J connectivity index is 1.97. The largest absolute Gasteiger partial charge is 0.328 e. The van der Waals surface area contributed by atoms with Gasteiger partial charge in [-0.15, -0.1) is 0 Å². The Hall–Kier alpha value is -0.820. The van der Waals surface area contributed by atoms with Crippen molar-refractivity contribution in [2.75, 3.05) is 0 Å². The molecule has 1 heteroatoms. The van der Waals surface area contributed by atoms with Gasteiger partial charge in [-0.1, -0.05) is 45.0 Å². The minimum absolute atomic E-state index is 0.261. The van der Waals surface area contributed by atoms with E-state index in [9.17, 15) is 0 Å². The second-order valence-corrected chi connectivity index (χ2v) is 6.25. The van der Waals surface area contributed by atoms with Crippen LogP contribution in [0.15, 0.2) is 24.3 Å². The van der Waals surface area contributed by atoms with Crippen LogP contribution < -0.4 is 5.73 Å². The van der Waals surface area contributed by atoms with Crippen LogP contribution in [0.5, 0.6) is 0 Å². The van der Waals surface area contributed by atoms with Gasteiger partial charge in [-0.05, 0) is 41.7 Å². The first-order valence-electron chi connectivity index (χ1n) is 6.30. The maximum Gasteiger partial charge on any atom is 0.00443 e. The van der Waals surface area contributed by atoms with Crippen LogP contribution in [0, 0.1) is 5.92 Å². The van der Waals surface area contributed by atoms with Crippen LogP contribution in [-0.4, -0.2) is 6.04 Å². The van der Waals surface area contributed by atoms with Gasteiger partial charge in [-0.25, -0.2) is 0 Å². The van der Waals surface area contributed by atoms with Crippen molar-refractivity contribution in [1.29, 1.82) is 0 Å². The molecule has 1 aliphatic carbocycles. The summed E-state index contributed by atoms with van der Waals surface area (Å²) in [6, 6.07) is 9.58. The molecule has 1 fully saturated rings. The molecule has 1 aromatic rings. The molecule has 0 unspecified atom stereocenters. The molecule has 0 amide bonds. The predicted molar refractivity (Wildman–Crippen MR) is 69.5 cm³/mol. The predicted octanol–water partition coefficient (Wildman–Crippen LogP) is 3.26. The summed E-state index contributed by atoms with van der Waals surface area (Å²) in [6.07, 6.45) is 3.63. The molecule has 1 saturated carbocycles. The van der Waals surface area contributed by atoms with E-state index in [0.717, 1.165) is 5.92 Å². The van der Waals surface area contributed by atoms with Gasteiger partial charge in [-0.2, -0.15) is 0 Å². The molecule has 16 heavy (non-hydrogen) atoms. The highest BCUT2D eigenvalue weighted by Crippen LogP contribution is 2.30. The summed E-state index contributed by atoms with van der Waals surface area (Å²) in [6.45, 7) is 6.77. The van der Waals surface area contributed by atoms with E-state index in [1.54, 1.807) is 0 Å². The lowest BCUT2D eigenvalue weighted by molar-refractivity contribution is 0.264. The number of benzene rings is 1. The number of hydrogen-bond donors (Lipinski definition) is 1. The lowest BCUT2D eigenvalue weighted by Gasteiger charge is -2.32. The van der Waals surface area contributed by atoms with E-state index in [1.807, 2.05) is 0 Å². The monoisotopic (exact) mass is 217 g/mol. The standard InChI is InChI=1S/C15H23N/c1-15(2,3)13-6-4-11(5-7-13)8-12-9-14(16)10-12/h4-7,12,14H,8-10,16H2,1-3H3. The van der Waals surface area contributed by atoms with E-state index in [1.165, 1.54) is 30.4 Å². The molecule has 2 rings (SSSR count). The van der Waals surface area contributed by atoms with Crippen LogP contribution in [0.2, 0.25) is 0 Å². The fourth-order valence-electron chi connectivity index (χ4n) is 2.43. The molecule has 0 atom stereocenters. The first kappa shape index (κ1) is 11.7. The van der Waals surface area contributed by atoms with E-state index >= 15 is 0 Å². The van der Waals surface area contributed by atoms with Crippen molar-refractivity contribution in [3.63, 3.8) is 0 Å². The van der Waals surface area contributed by atoms with Gasteiger partial charge in [0.1, 0.15) is 0 Å². The average Bonchev–Trinajstić information content (AvgIpc) is 2.15. The Bertz CT molecular complexity index is 339. The molecule has 0 spiro atoms. The smallest absolute Gasteiger partial charge is 0.00443 e. The van der Waals surface area contributed by atoms with E-state index in [0.29, 0.717) is 6.04 Å². The lowest BCUT2D eigenvalue weighted by atomic mass is 9.77. The van der Waals surface area contributed by atoms with Gasteiger partial charge in [0.15, 0.2) is 0 Å². The lowest BCUT2D eigenvalue weighted by Crippen LogP contribution is -2.37. The summed E-state index contributed by atoms with van der Waals surface area (Å²) in [4.78, 5) is 0. The normalized spacial score (nSPS) is 25.2. The van der Waals surface area contributed by atoms with Crippen LogP contribution in [-0.2, 0) is 11.8 Å².